The Morgan fingerprint density at radius 3 is 2.44 bits per heavy atom. The van der Waals surface area contributed by atoms with Crippen LogP contribution in [-0.2, 0) is 26.0 Å². The van der Waals surface area contributed by atoms with E-state index in [1.54, 1.807) is 17.0 Å². The number of halogens is 1. The number of amides is 1. The number of benzene rings is 1. The van der Waals surface area contributed by atoms with Gasteiger partial charge < -0.3 is 9.64 Å². The van der Waals surface area contributed by atoms with E-state index in [4.69, 9.17) is 4.74 Å². The van der Waals surface area contributed by atoms with Crippen LogP contribution in [0.4, 0.5) is 4.39 Å². The second-order valence-corrected chi connectivity index (χ2v) is 8.79. The summed E-state index contributed by atoms with van der Waals surface area (Å²) in [6.45, 7) is 2.20. The molecule has 0 aromatic heterocycles. The van der Waals surface area contributed by atoms with Crippen molar-refractivity contribution >= 4 is 15.9 Å². The Labute approximate surface area is 147 Å². The van der Waals surface area contributed by atoms with Crippen LogP contribution < -0.4 is 0 Å². The summed E-state index contributed by atoms with van der Waals surface area (Å²) in [4.78, 5) is 14.2. The highest BCUT2D eigenvalue weighted by Crippen LogP contribution is 2.31. The molecule has 1 aromatic rings. The van der Waals surface area contributed by atoms with Crippen LogP contribution in [0.25, 0.3) is 0 Å². The summed E-state index contributed by atoms with van der Waals surface area (Å²) in [6.07, 6.45) is 2.69. The summed E-state index contributed by atoms with van der Waals surface area (Å²) < 4.78 is 43.9. The molecule has 3 rings (SSSR count). The van der Waals surface area contributed by atoms with E-state index in [2.05, 4.69) is 0 Å². The van der Waals surface area contributed by atoms with Gasteiger partial charge in [-0.05, 0) is 30.5 Å². The molecule has 2 heterocycles. The molecule has 1 amide bonds. The summed E-state index contributed by atoms with van der Waals surface area (Å²) in [5.74, 6) is -0.321. The van der Waals surface area contributed by atoms with Gasteiger partial charge in [-0.3, -0.25) is 4.79 Å². The van der Waals surface area contributed by atoms with Gasteiger partial charge in [-0.2, -0.15) is 4.31 Å². The maximum Gasteiger partial charge on any atom is 0.226 e. The van der Waals surface area contributed by atoms with Gasteiger partial charge in [0.25, 0.3) is 0 Å². The largest absolute Gasteiger partial charge is 0.372 e. The van der Waals surface area contributed by atoms with E-state index < -0.39 is 15.6 Å². The molecule has 138 valence electrons. The van der Waals surface area contributed by atoms with E-state index in [-0.39, 0.29) is 18.1 Å². The zero-order chi connectivity index (χ0) is 18.1. The van der Waals surface area contributed by atoms with Crippen molar-refractivity contribution in [1.29, 1.82) is 0 Å². The highest BCUT2D eigenvalue weighted by Gasteiger charge is 2.42. The first-order valence-corrected chi connectivity index (χ1v) is 10.2. The third kappa shape index (κ3) is 4.37. The molecule has 1 spiro atoms. The first kappa shape index (κ1) is 18.3. The number of piperidine rings is 1. The van der Waals surface area contributed by atoms with Crippen molar-refractivity contribution in [2.75, 3.05) is 39.0 Å². The Morgan fingerprint density at radius 1 is 1.20 bits per heavy atom. The molecule has 8 heteroatoms. The predicted molar refractivity (Wildman–Crippen MR) is 91.0 cm³/mol. The van der Waals surface area contributed by atoms with Crippen molar-refractivity contribution in [3.8, 4) is 0 Å². The fourth-order valence-electron chi connectivity index (χ4n) is 3.45. The molecule has 0 aliphatic carbocycles. The quantitative estimate of drug-likeness (QED) is 0.797. The van der Waals surface area contributed by atoms with Gasteiger partial charge in [0, 0.05) is 26.2 Å². The van der Waals surface area contributed by atoms with Gasteiger partial charge >= 0.3 is 0 Å². The molecule has 2 aliphatic rings. The summed E-state index contributed by atoms with van der Waals surface area (Å²) >= 11 is 0. The topological polar surface area (TPSA) is 66.9 Å². The predicted octanol–water partition coefficient (Wildman–Crippen LogP) is 1.02. The SMILES string of the molecule is CS(=O)(=O)N1CCOC2(CCN(C(=O)Cc3ccc(F)cc3)CC2)C1. The van der Waals surface area contributed by atoms with Crippen molar-refractivity contribution < 1.29 is 22.3 Å². The molecule has 0 atom stereocenters. The first-order chi connectivity index (χ1) is 11.8. The minimum absolute atomic E-state index is 0.00256. The van der Waals surface area contributed by atoms with Crippen LogP contribution in [-0.4, -0.2) is 68.2 Å². The van der Waals surface area contributed by atoms with Crippen molar-refractivity contribution in [1.82, 2.24) is 9.21 Å². The number of hydrogen-bond acceptors (Lipinski definition) is 4. The zero-order valence-electron chi connectivity index (χ0n) is 14.3. The van der Waals surface area contributed by atoms with Crippen LogP contribution in [0.3, 0.4) is 0 Å². The molecule has 2 aliphatic heterocycles. The number of morpholine rings is 1. The lowest BCUT2D eigenvalue weighted by atomic mass is 9.89. The average molecular weight is 370 g/mol. The number of rotatable bonds is 3. The Balaban J connectivity index is 1.57. The maximum atomic E-state index is 12.9. The fraction of sp³-hybridized carbons (Fsp3) is 0.588. The summed E-state index contributed by atoms with van der Waals surface area (Å²) in [5.41, 5.74) is 0.289. The van der Waals surface area contributed by atoms with Crippen LogP contribution in [0, 0.1) is 5.82 Å². The second kappa shape index (κ2) is 7.01. The minimum atomic E-state index is -3.23. The smallest absolute Gasteiger partial charge is 0.226 e. The Bertz CT molecular complexity index is 728. The number of carbonyl (C=O) groups excluding carboxylic acids is 1. The molecule has 0 radical (unpaired) electrons. The second-order valence-electron chi connectivity index (χ2n) is 6.81. The Morgan fingerprint density at radius 2 is 1.84 bits per heavy atom. The Kier molecular flexibility index (Phi) is 5.13. The molecule has 0 saturated carbocycles. The number of nitrogens with zero attached hydrogens (tertiary/aromatic N) is 2. The molecule has 0 bridgehead atoms. The van der Waals surface area contributed by atoms with E-state index in [0.717, 1.165) is 5.56 Å². The van der Waals surface area contributed by atoms with Crippen LogP contribution in [0.1, 0.15) is 18.4 Å². The summed E-state index contributed by atoms with van der Waals surface area (Å²) in [5, 5.41) is 0. The van der Waals surface area contributed by atoms with Gasteiger partial charge in [-0.1, -0.05) is 12.1 Å². The molecular formula is C17H23FN2O4S. The van der Waals surface area contributed by atoms with Gasteiger partial charge in [0.15, 0.2) is 0 Å². The monoisotopic (exact) mass is 370 g/mol. The van der Waals surface area contributed by atoms with Crippen molar-refractivity contribution in [2.24, 2.45) is 0 Å². The van der Waals surface area contributed by atoms with Crippen LogP contribution in [0.2, 0.25) is 0 Å². The molecule has 25 heavy (non-hydrogen) atoms. The molecule has 2 fully saturated rings. The third-order valence-corrected chi connectivity index (χ3v) is 6.23. The molecular weight excluding hydrogens is 347 g/mol. The third-order valence-electron chi connectivity index (χ3n) is 4.98. The standard InChI is InChI=1S/C17H23FN2O4S/c1-25(22,23)20-10-11-24-17(13-20)6-8-19(9-7-17)16(21)12-14-2-4-15(18)5-3-14/h2-5H,6-13H2,1H3. The summed E-state index contributed by atoms with van der Waals surface area (Å²) in [7, 11) is -3.23. The molecule has 6 nitrogen and oxygen atoms in total. The normalized spacial score (nSPS) is 21.4. The lowest BCUT2D eigenvalue weighted by molar-refractivity contribution is -0.144. The fourth-order valence-corrected chi connectivity index (χ4v) is 4.32. The maximum absolute atomic E-state index is 12.9. The van der Waals surface area contributed by atoms with Crippen molar-refractivity contribution in [2.45, 2.75) is 24.9 Å². The van der Waals surface area contributed by atoms with Gasteiger partial charge in [0.2, 0.25) is 15.9 Å². The molecule has 1 aromatic carbocycles. The van der Waals surface area contributed by atoms with Gasteiger partial charge in [-0.15, -0.1) is 0 Å². The number of ether oxygens (including phenoxy) is 1. The number of hydrogen-bond donors (Lipinski definition) is 0. The summed E-state index contributed by atoms with van der Waals surface area (Å²) in [6, 6.07) is 5.94. The van der Waals surface area contributed by atoms with Crippen LogP contribution >= 0.6 is 0 Å². The highest BCUT2D eigenvalue weighted by molar-refractivity contribution is 7.88. The van der Waals surface area contributed by atoms with Crippen LogP contribution in [0.5, 0.6) is 0 Å². The van der Waals surface area contributed by atoms with E-state index in [1.165, 1.54) is 22.7 Å². The van der Waals surface area contributed by atoms with Gasteiger partial charge in [0.05, 0.1) is 24.9 Å². The van der Waals surface area contributed by atoms with E-state index in [1.807, 2.05) is 0 Å². The number of sulfonamides is 1. The van der Waals surface area contributed by atoms with Gasteiger partial charge in [0.1, 0.15) is 5.82 Å². The van der Waals surface area contributed by atoms with Crippen molar-refractivity contribution in [3.05, 3.63) is 35.6 Å². The number of likely N-dealkylation sites (tertiary alicyclic amines) is 1. The molecule has 0 unspecified atom stereocenters. The van der Waals surface area contributed by atoms with Gasteiger partial charge in [-0.25, -0.2) is 12.8 Å². The first-order valence-electron chi connectivity index (χ1n) is 8.39. The van der Waals surface area contributed by atoms with E-state index in [0.29, 0.717) is 45.6 Å². The number of carbonyl (C=O) groups is 1. The van der Waals surface area contributed by atoms with Crippen LogP contribution in [0.15, 0.2) is 24.3 Å². The van der Waals surface area contributed by atoms with Crippen molar-refractivity contribution in [3.63, 3.8) is 0 Å². The highest BCUT2D eigenvalue weighted by atomic mass is 32.2. The van der Waals surface area contributed by atoms with E-state index in [9.17, 15) is 17.6 Å². The molecule has 0 N–H and O–H groups in total. The average Bonchev–Trinajstić information content (AvgIpc) is 2.57. The zero-order valence-corrected chi connectivity index (χ0v) is 15.1. The lowest BCUT2D eigenvalue weighted by Crippen LogP contribution is -2.58. The van der Waals surface area contributed by atoms with E-state index >= 15 is 0 Å². The molecule has 2 saturated heterocycles. The Hall–Kier alpha value is -1.51. The lowest BCUT2D eigenvalue weighted by Gasteiger charge is -2.46. The minimum Gasteiger partial charge on any atom is -0.372 e.